The molecular formula is C21H25FN2O5. The molecule has 1 aromatic carbocycles. The molecule has 0 unspecified atom stereocenters. The van der Waals surface area contributed by atoms with Crippen molar-refractivity contribution in [3.8, 4) is 0 Å². The van der Waals surface area contributed by atoms with E-state index in [1.807, 2.05) is 0 Å². The van der Waals surface area contributed by atoms with Gasteiger partial charge in [-0.15, -0.1) is 0 Å². The van der Waals surface area contributed by atoms with E-state index in [4.69, 9.17) is 9.47 Å². The first-order valence-electron chi connectivity index (χ1n) is 9.33. The molecule has 1 N–H and O–H groups in total. The van der Waals surface area contributed by atoms with Gasteiger partial charge in [-0.05, 0) is 44.9 Å². The Labute approximate surface area is 168 Å². The molecule has 0 bridgehead atoms. The van der Waals surface area contributed by atoms with Gasteiger partial charge in [0, 0.05) is 17.9 Å². The molecule has 1 aromatic heterocycles. The monoisotopic (exact) mass is 404 g/mol. The van der Waals surface area contributed by atoms with E-state index in [1.165, 1.54) is 6.07 Å². The Morgan fingerprint density at radius 1 is 1.14 bits per heavy atom. The van der Waals surface area contributed by atoms with Gasteiger partial charge in [0.2, 0.25) is 0 Å². The highest BCUT2D eigenvalue weighted by atomic mass is 19.1. The van der Waals surface area contributed by atoms with Gasteiger partial charge in [0.25, 0.3) is 5.91 Å². The summed E-state index contributed by atoms with van der Waals surface area (Å²) in [5.74, 6) is -1.85. The smallest absolute Gasteiger partial charge is 0.339 e. The van der Waals surface area contributed by atoms with E-state index in [0.29, 0.717) is 28.9 Å². The molecule has 0 aliphatic rings. The second-order valence-electron chi connectivity index (χ2n) is 6.44. The number of hydrogen-bond donors (Lipinski definition) is 1. The average molecular weight is 404 g/mol. The molecule has 0 fully saturated rings. The van der Waals surface area contributed by atoms with Crippen LogP contribution in [0.3, 0.4) is 0 Å². The van der Waals surface area contributed by atoms with Crippen molar-refractivity contribution in [1.29, 1.82) is 0 Å². The summed E-state index contributed by atoms with van der Waals surface area (Å²) >= 11 is 0. The van der Waals surface area contributed by atoms with Crippen LogP contribution in [0.4, 0.5) is 4.39 Å². The molecule has 0 aliphatic heterocycles. The zero-order valence-corrected chi connectivity index (χ0v) is 16.8. The second kappa shape index (κ2) is 10.4. The summed E-state index contributed by atoms with van der Waals surface area (Å²) in [6.45, 7) is 5.13. The molecule has 2 aromatic rings. The Bertz CT molecular complexity index is 891. The molecule has 29 heavy (non-hydrogen) atoms. The topological polar surface area (TPSA) is 86.6 Å². The van der Waals surface area contributed by atoms with Crippen LogP contribution in [0.2, 0.25) is 0 Å². The van der Waals surface area contributed by atoms with Gasteiger partial charge in [0.15, 0.2) is 6.61 Å². The number of aryl methyl sites for hydroxylation is 1. The highest BCUT2D eigenvalue weighted by Gasteiger charge is 2.19. The molecule has 1 heterocycles. The van der Waals surface area contributed by atoms with Crippen LogP contribution in [0.5, 0.6) is 0 Å². The SMILES string of the molecule is CCOC(=O)c1cc(C)n(CC(=O)OCC(=O)NCCc2ccccc2F)c1C. The van der Waals surface area contributed by atoms with E-state index < -0.39 is 24.5 Å². The van der Waals surface area contributed by atoms with E-state index in [-0.39, 0.29) is 25.5 Å². The van der Waals surface area contributed by atoms with Crippen LogP contribution in [-0.2, 0) is 32.0 Å². The Morgan fingerprint density at radius 2 is 1.86 bits per heavy atom. The number of aromatic nitrogens is 1. The lowest BCUT2D eigenvalue weighted by Gasteiger charge is -2.10. The van der Waals surface area contributed by atoms with Crippen molar-refractivity contribution in [2.24, 2.45) is 0 Å². The van der Waals surface area contributed by atoms with Crippen molar-refractivity contribution < 1.29 is 28.2 Å². The van der Waals surface area contributed by atoms with Gasteiger partial charge in [-0.3, -0.25) is 9.59 Å². The van der Waals surface area contributed by atoms with E-state index in [0.717, 1.165) is 0 Å². The number of rotatable bonds is 9. The number of carbonyl (C=O) groups is 3. The largest absolute Gasteiger partial charge is 0.462 e. The summed E-state index contributed by atoms with van der Waals surface area (Å²) < 4.78 is 25.1. The number of benzene rings is 1. The third-order valence-corrected chi connectivity index (χ3v) is 4.39. The van der Waals surface area contributed by atoms with Gasteiger partial charge in [-0.1, -0.05) is 18.2 Å². The van der Waals surface area contributed by atoms with E-state index in [1.54, 1.807) is 49.6 Å². The number of nitrogens with zero attached hydrogens (tertiary/aromatic N) is 1. The minimum absolute atomic E-state index is 0.125. The first-order valence-corrected chi connectivity index (χ1v) is 9.33. The first-order chi connectivity index (χ1) is 13.8. The van der Waals surface area contributed by atoms with Crippen molar-refractivity contribution >= 4 is 17.8 Å². The van der Waals surface area contributed by atoms with Crippen molar-refractivity contribution in [2.75, 3.05) is 19.8 Å². The van der Waals surface area contributed by atoms with Crippen LogP contribution in [0.1, 0.15) is 34.2 Å². The summed E-state index contributed by atoms with van der Waals surface area (Å²) in [6.07, 6.45) is 0.338. The maximum Gasteiger partial charge on any atom is 0.339 e. The lowest BCUT2D eigenvalue weighted by Crippen LogP contribution is -2.31. The highest BCUT2D eigenvalue weighted by molar-refractivity contribution is 5.91. The van der Waals surface area contributed by atoms with Gasteiger partial charge in [0.05, 0.1) is 12.2 Å². The van der Waals surface area contributed by atoms with Crippen LogP contribution in [0.25, 0.3) is 0 Å². The van der Waals surface area contributed by atoms with Crippen LogP contribution in [-0.4, -0.2) is 42.2 Å². The summed E-state index contributed by atoms with van der Waals surface area (Å²) in [7, 11) is 0. The molecule has 0 saturated heterocycles. The summed E-state index contributed by atoms with van der Waals surface area (Å²) in [4.78, 5) is 35.8. The molecule has 2 rings (SSSR count). The molecule has 7 nitrogen and oxygen atoms in total. The lowest BCUT2D eigenvalue weighted by atomic mass is 10.1. The van der Waals surface area contributed by atoms with E-state index in [9.17, 15) is 18.8 Å². The van der Waals surface area contributed by atoms with Gasteiger partial charge < -0.3 is 19.4 Å². The molecule has 0 atom stereocenters. The average Bonchev–Trinajstić information content (AvgIpc) is 2.96. The van der Waals surface area contributed by atoms with Crippen LogP contribution in [0, 0.1) is 19.7 Å². The molecule has 0 spiro atoms. The number of halogens is 1. The fourth-order valence-corrected chi connectivity index (χ4v) is 2.87. The molecule has 1 amide bonds. The molecule has 8 heteroatoms. The number of esters is 2. The quantitative estimate of drug-likeness (QED) is 0.648. The zero-order chi connectivity index (χ0) is 21.4. The predicted molar refractivity (Wildman–Crippen MR) is 104 cm³/mol. The Kier molecular flexibility index (Phi) is 7.94. The molecule has 0 saturated carbocycles. The number of nitrogens with one attached hydrogen (secondary N) is 1. The molecule has 0 aliphatic carbocycles. The second-order valence-corrected chi connectivity index (χ2v) is 6.44. The third kappa shape index (κ3) is 6.17. The molecule has 156 valence electrons. The van der Waals surface area contributed by atoms with Crippen molar-refractivity contribution in [3.63, 3.8) is 0 Å². The van der Waals surface area contributed by atoms with E-state index >= 15 is 0 Å². The number of ether oxygens (including phenoxy) is 2. The zero-order valence-electron chi connectivity index (χ0n) is 16.8. The van der Waals surface area contributed by atoms with Gasteiger partial charge >= 0.3 is 11.9 Å². The highest BCUT2D eigenvalue weighted by Crippen LogP contribution is 2.16. The number of carbonyl (C=O) groups excluding carboxylic acids is 3. The van der Waals surface area contributed by atoms with Gasteiger partial charge in [-0.2, -0.15) is 0 Å². The fourth-order valence-electron chi connectivity index (χ4n) is 2.87. The van der Waals surface area contributed by atoms with Crippen LogP contribution < -0.4 is 5.32 Å². The standard InChI is InChI=1S/C21H25FN2O5/c1-4-28-21(27)17-11-14(2)24(15(17)3)12-20(26)29-13-19(25)23-10-9-16-7-5-6-8-18(16)22/h5-8,11H,4,9-10,12-13H2,1-3H3,(H,23,25). The number of hydrogen-bond acceptors (Lipinski definition) is 5. The van der Waals surface area contributed by atoms with Gasteiger partial charge in [-0.25, -0.2) is 9.18 Å². The van der Waals surface area contributed by atoms with Crippen LogP contribution in [0.15, 0.2) is 30.3 Å². The summed E-state index contributed by atoms with van der Waals surface area (Å²) in [6, 6.07) is 7.97. The Morgan fingerprint density at radius 3 is 2.55 bits per heavy atom. The maximum atomic E-state index is 13.5. The van der Waals surface area contributed by atoms with Gasteiger partial charge in [0.1, 0.15) is 12.4 Å². The van der Waals surface area contributed by atoms with Crippen LogP contribution >= 0.6 is 0 Å². The minimum atomic E-state index is -0.605. The minimum Gasteiger partial charge on any atom is -0.462 e. The first kappa shape index (κ1) is 22.1. The Balaban J connectivity index is 1.80. The van der Waals surface area contributed by atoms with Crippen molar-refractivity contribution in [1.82, 2.24) is 9.88 Å². The predicted octanol–water partition coefficient (Wildman–Crippen LogP) is 2.32. The third-order valence-electron chi connectivity index (χ3n) is 4.39. The van der Waals surface area contributed by atoms with Crippen molar-refractivity contribution in [3.05, 3.63) is 58.7 Å². The summed E-state index contributed by atoms with van der Waals surface area (Å²) in [5, 5.41) is 2.58. The molecular weight excluding hydrogens is 379 g/mol. The van der Waals surface area contributed by atoms with E-state index in [2.05, 4.69) is 5.32 Å². The summed E-state index contributed by atoms with van der Waals surface area (Å²) in [5.41, 5.74) is 2.19. The Hall–Kier alpha value is -3.16. The van der Waals surface area contributed by atoms with Crippen molar-refractivity contribution in [2.45, 2.75) is 33.7 Å². The number of amides is 1. The molecule has 0 radical (unpaired) electrons. The fraction of sp³-hybridized carbons (Fsp3) is 0.381. The lowest BCUT2D eigenvalue weighted by molar-refractivity contribution is -0.149. The normalized spacial score (nSPS) is 10.5. The maximum absolute atomic E-state index is 13.5.